The van der Waals surface area contributed by atoms with Gasteiger partial charge >= 0.3 is 6.18 Å². The van der Waals surface area contributed by atoms with Gasteiger partial charge in [0, 0.05) is 67.7 Å². The van der Waals surface area contributed by atoms with E-state index in [-0.39, 0.29) is 57.4 Å². The Balaban J connectivity index is 1.37. The van der Waals surface area contributed by atoms with Crippen molar-refractivity contribution in [2.24, 2.45) is 11.8 Å². The molecule has 2 aromatic rings. The summed E-state index contributed by atoms with van der Waals surface area (Å²) in [5.74, 6) is -7.77. The number of carbonyl (C=O) groups excluding carboxylic acids is 11. The number of aryl methyl sites for hydroxylation is 1. The third-order valence-corrected chi connectivity index (χ3v) is 19.2. The molecule has 90 heavy (non-hydrogen) atoms. The molecule has 1 spiro atoms. The molecule has 9 atom stereocenters. The summed E-state index contributed by atoms with van der Waals surface area (Å²) in [7, 11) is 8.40. The first-order valence-corrected chi connectivity index (χ1v) is 31.7. The largest absolute Gasteiger partial charge is 0.417 e. The Hall–Kier alpha value is -7.31. The summed E-state index contributed by atoms with van der Waals surface area (Å²) in [5.41, 5.74) is -1.62. The second-order valence-corrected chi connectivity index (χ2v) is 25.6. The maximum atomic E-state index is 15.2. The van der Waals surface area contributed by atoms with Gasteiger partial charge in [-0.15, -0.1) is 0 Å². The molecule has 0 bridgehead atoms. The van der Waals surface area contributed by atoms with E-state index < -0.39 is 155 Å². The van der Waals surface area contributed by atoms with Crippen LogP contribution in [0.3, 0.4) is 0 Å². The predicted molar refractivity (Wildman–Crippen MR) is 329 cm³/mol. The lowest BCUT2D eigenvalue weighted by Gasteiger charge is -2.40. The van der Waals surface area contributed by atoms with E-state index in [2.05, 4.69) is 21.3 Å². The van der Waals surface area contributed by atoms with Crippen molar-refractivity contribution >= 4 is 76.6 Å². The number of hydrogen-bond donors (Lipinski definition) is 4. The fraction of sp³-hybridized carbons (Fsp3) is 0.641. The summed E-state index contributed by atoms with van der Waals surface area (Å²) < 4.78 is 41.4. The van der Waals surface area contributed by atoms with Crippen LogP contribution in [0.5, 0.6) is 0 Å². The second kappa shape index (κ2) is 31.1. The van der Waals surface area contributed by atoms with Crippen LogP contribution >= 0.6 is 11.6 Å². The van der Waals surface area contributed by atoms with Gasteiger partial charge < -0.3 is 55.6 Å². The van der Waals surface area contributed by atoms with E-state index in [1.165, 1.54) is 76.9 Å². The van der Waals surface area contributed by atoms with E-state index in [0.29, 0.717) is 49.7 Å². The van der Waals surface area contributed by atoms with Gasteiger partial charge in [-0.3, -0.25) is 52.7 Å². The summed E-state index contributed by atoms with van der Waals surface area (Å²) in [6, 6.07) is 2.63. The third kappa shape index (κ3) is 17.4. The van der Waals surface area contributed by atoms with Crippen LogP contribution in [0.25, 0.3) is 0 Å². The maximum Gasteiger partial charge on any atom is 0.417 e. The van der Waals surface area contributed by atoms with Crippen LogP contribution in [0.4, 0.5) is 13.2 Å². The van der Waals surface area contributed by atoms with Crippen LogP contribution in [0, 0.1) is 11.8 Å². The van der Waals surface area contributed by atoms with Crippen molar-refractivity contribution in [1.29, 1.82) is 0 Å². The molecule has 22 nitrogen and oxygen atoms in total. The monoisotopic (exact) mass is 1280 g/mol. The zero-order chi connectivity index (χ0) is 66.7. The normalized spacial score (nSPS) is 26.8. The lowest BCUT2D eigenvalue weighted by atomic mass is 9.90. The topological polar surface area (TPSA) is 259 Å². The van der Waals surface area contributed by atoms with Gasteiger partial charge in [0.05, 0.1) is 23.7 Å². The molecular formula is C64H91ClF3N11O11. The van der Waals surface area contributed by atoms with E-state index in [0.717, 1.165) is 44.6 Å². The van der Waals surface area contributed by atoms with Crippen LogP contribution < -0.4 is 21.3 Å². The highest BCUT2D eigenvalue weighted by molar-refractivity contribution is 6.31. The molecule has 2 aliphatic carbocycles. The van der Waals surface area contributed by atoms with Crippen molar-refractivity contribution in [2.75, 3.05) is 61.9 Å². The van der Waals surface area contributed by atoms with E-state index in [1.54, 1.807) is 44.2 Å². The number of rotatable bonds is 8. The number of amides is 11. The van der Waals surface area contributed by atoms with E-state index >= 15 is 9.59 Å². The van der Waals surface area contributed by atoms with Crippen molar-refractivity contribution in [1.82, 2.24) is 55.6 Å². The van der Waals surface area contributed by atoms with Gasteiger partial charge in [0.25, 0.3) is 0 Å². The average molecular weight is 1280 g/mol. The Morgan fingerprint density at radius 2 is 1.24 bits per heavy atom. The number of carbonyl (C=O) groups is 11. The van der Waals surface area contributed by atoms with Gasteiger partial charge in [0.1, 0.15) is 47.8 Å². The van der Waals surface area contributed by atoms with Crippen LogP contribution in [-0.2, 0) is 71.8 Å². The zero-order valence-electron chi connectivity index (χ0n) is 53.8. The molecule has 4 N–H and O–H groups in total. The summed E-state index contributed by atoms with van der Waals surface area (Å²) in [5, 5.41) is 11.0. The van der Waals surface area contributed by atoms with Crippen molar-refractivity contribution in [3.63, 3.8) is 0 Å². The molecule has 26 heteroatoms. The minimum Gasteiger partial charge on any atom is -0.351 e. The molecule has 2 aromatic carbocycles. The van der Waals surface area contributed by atoms with Gasteiger partial charge in [-0.05, 0) is 107 Å². The SMILES string of the molecule is CC[C@H](C)[C@@H]1NC(=O)[C@H](C)N(C)C(=O)C[C@@H](C)NC(=O)[C@H](C2CCCC2)N(C)C(=O)C2(CCCC2)NC(=O)[C@@H]2CCCN2C(=O)[C@H](CCc2ccc(C(F)(F)F)c(Cl)c2)NC(=O)[C@@H](C)N(C)C(=O)[C@H](Cc2ccccc2)N(C)C(=O)CN(C)C(=O)CN(C)C1=O. The first-order valence-electron chi connectivity index (χ1n) is 31.3. The summed E-state index contributed by atoms with van der Waals surface area (Å²) >= 11 is 6.12. The molecule has 6 rings (SSSR count). The van der Waals surface area contributed by atoms with E-state index in [9.17, 15) is 56.3 Å². The highest BCUT2D eigenvalue weighted by Crippen LogP contribution is 2.38. The Kier molecular flexibility index (Phi) is 24.8. The molecular weight excluding hydrogens is 1190 g/mol. The molecule has 0 radical (unpaired) electrons. The van der Waals surface area contributed by atoms with Gasteiger partial charge in [0.15, 0.2) is 0 Å². The summed E-state index contributed by atoms with van der Waals surface area (Å²) in [6.07, 6.45) is 0.0161. The second-order valence-electron chi connectivity index (χ2n) is 25.2. The Morgan fingerprint density at radius 1 is 0.633 bits per heavy atom. The lowest BCUT2D eigenvalue weighted by molar-refractivity contribution is -0.150. The van der Waals surface area contributed by atoms with E-state index in [4.69, 9.17) is 11.6 Å². The molecule has 0 aromatic heterocycles. The van der Waals surface area contributed by atoms with Crippen molar-refractivity contribution in [3.8, 4) is 0 Å². The minimum absolute atomic E-state index is 0.0469. The molecule has 2 heterocycles. The van der Waals surface area contributed by atoms with Crippen LogP contribution in [0.2, 0.25) is 5.02 Å². The number of likely N-dealkylation sites (N-methyl/N-ethyl adjacent to an activating group) is 6. The van der Waals surface area contributed by atoms with Crippen LogP contribution in [0.15, 0.2) is 48.5 Å². The molecule has 2 aliphatic heterocycles. The number of benzene rings is 2. The van der Waals surface area contributed by atoms with Gasteiger partial charge in [0.2, 0.25) is 65.0 Å². The van der Waals surface area contributed by atoms with Crippen molar-refractivity contribution in [3.05, 3.63) is 70.2 Å². The highest BCUT2D eigenvalue weighted by Gasteiger charge is 2.50. The van der Waals surface area contributed by atoms with Crippen molar-refractivity contribution < 1.29 is 65.9 Å². The van der Waals surface area contributed by atoms with Crippen LogP contribution in [-0.4, -0.2) is 215 Å². The Morgan fingerprint density at radius 3 is 1.86 bits per heavy atom. The molecule has 2 saturated carbocycles. The zero-order valence-corrected chi connectivity index (χ0v) is 54.5. The number of alkyl halides is 3. The van der Waals surface area contributed by atoms with E-state index in [1.807, 2.05) is 6.92 Å². The first kappa shape index (κ1) is 71.8. The minimum atomic E-state index is -4.75. The Labute approximate surface area is 531 Å². The van der Waals surface area contributed by atoms with Gasteiger partial charge in [-0.2, -0.15) is 13.2 Å². The van der Waals surface area contributed by atoms with Gasteiger partial charge in [-0.1, -0.05) is 94.0 Å². The summed E-state index contributed by atoms with van der Waals surface area (Å²) in [4.78, 5) is 168. The molecule has 4 fully saturated rings. The maximum absolute atomic E-state index is 15.2. The standard InChI is InChI=1S/C64H91ClF3N11O11/c1-12-38(2)53-61(89)74(7)36-51(81)73(6)37-52(82)77(10)49(35-42-21-14-13-15-22-42)60(88)76(9)41(5)55(83)70-47(29-27-43-26-28-45(46(65)34-43)64(66,67)68)59(87)79-32-20-25-48(79)57(85)72-63(30-18-19-31-63)62(90)78(11)54(44-23-16-17-24-44)58(86)69-39(3)33-50(80)75(8)40(4)56(84)71-53/h13-15,21-22,26,28,34,38-41,44,47-49,53-54H,12,16-20,23-25,27,29-33,35-37H2,1-11H3,(H,69,86)(H,70,83)(H,71,84)(H,72,85)/t38-,39+,40-,41+,47-,48-,49-,53-,54-/m0/s1. The smallest absolute Gasteiger partial charge is 0.351 e. The lowest BCUT2D eigenvalue weighted by Crippen LogP contribution is -2.64. The highest BCUT2D eigenvalue weighted by atomic mass is 35.5. The quantitative estimate of drug-likeness (QED) is 0.289. The molecule has 2 saturated heterocycles. The van der Waals surface area contributed by atoms with Crippen LogP contribution in [0.1, 0.15) is 135 Å². The number of halogens is 4. The van der Waals surface area contributed by atoms with Crippen molar-refractivity contribution in [2.45, 2.75) is 191 Å². The first-order chi connectivity index (χ1) is 42.3. The molecule has 4 aliphatic rings. The third-order valence-electron chi connectivity index (χ3n) is 18.9. The number of fused-ring (bicyclic) bond motifs is 1. The number of nitrogens with one attached hydrogen (secondary N) is 4. The summed E-state index contributed by atoms with van der Waals surface area (Å²) in [6.45, 7) is 7.08. The van der Waals surface area contributed by atoms with Gasteiger partial charge in [-0.25, -0.2) is 0 Å². The molecule has 11 amide bonds. The Bertz CT molecular complexity index is 2960. The average Bonchev–Trinajstić information content (AvgIpc) is 1.55. The molecule has 0 unspecified atom stereocenters. The number of nitrogens with zero attached hydrogens (tertiary/aromatic N) is 7. The molecule has 496 valence electrons. The number of hydrogen-bond acceptors (Lipinski definition) is 11. The fourth-order valence-electron chi connectivity index (χ4n) is 12.6. The predicted octanol–water partition coefficient (Wildman–Crippen LogP) is 4.33. The fourth-order valence-corrected chi connectivity index (χ4v) is 12.9.